The van der Waals surface area contributed by atoms with Gasteiger partial charge in [-0.25, -0.2) is 0 Å². The molecule has 1 heterocycles. The molecule has 0 amide bonds. The van der Waals surface area contributed by atoms with Gasteiger partial charge >= 0.3 is 0 Å². The lowest BCUT2D eigenvalue weighted by atomic mass is 10.1. The fourth-order valence-corrected chi connectivity index (χ4v) is 3.08. The minimum atomic E-state index is 0.675. The maximum atomic E-state index is 6.17. The maximum Gasteiger partial charge on any atom is 0.0412 e. The summed E-state index contributed by atoms with van der Waals surface area (Å²) in [5.74, 6) is 1.52. The van der Waals surface area contributed by atoms with E-state index in [0.717, 1.165) is 24.0 Å². The van der Waals surface area contributed by atoms with Gasteiger partial charge in [-0.3, -0.25) is 0 Å². The molecule has 1 aliphatic rings. The molecule has 112 valence electrons. The number of halogens is 1. The van der Waals surface area contributed by atoms with E-state index in [1.54, 1.807) is 0 Å². The summed E-state index contributed by atoms with van der Waals surface area (Å²) < 4.78 is 0. The Morgan fingerprint density at radius 3 is 2.85 bits per heavy atom. The molecule has 1 atom stereocenters. The van der Waals surface area contributed by atoms with Crippen LogP contribution in [0.2, 0.25) is 5.02 Å². The van der Waals surface area contributed by atoms with E-state index >= 15 is 0 Å². The van der Waals surface area contributed by atoms with Crippen LogP contribution >= 0.6 is 11.6 Å². The Labute approximate surface area is 128 Å². The van der Waals surface area contributed by atoms with E-state index in [4.69, 9.17) is 11.6 Å². The molecule has 1 aromatic rings. The zero-order valence-electron chi connectivity index (χ0n) is 13.0. The third-order valence-electron chi connectivity index (χ3n) is 4.11. The van der Waals surface area contributed by atoms with E-state index in [9.17, 15) is 0 Å². The average Bonchev–Trinajstić information content (AvgIpc) is 2.87. The Morgan fingerprint density at radius 1 is 1.40 bits per heavy atom. The van der Waals surface area contributed by atoms with Gasteiger partial charge in [-0.1, -0.05) is 38.8 Å². The van der Waals surface area contributed by atoms with Crippen molar-refractivity contribution in [3.8, 4) is 0 Å². The van der Waals surface area contributed by atoms with Crippen molar-refractivity contribution in [2.45, 2.75) is 40.2 Å². The summed E-state index contributed by atoms with van der Waals surface area (Å²) in [5, 5.41) is 4.37. The van der Waals surface area contributed by atoms with Crippen LogP contribution in [0.5, 0.6) is 0 Å². The van der Waals surface area contributed by atoms with Gasteiger partial charge in [-0.15, -0.1) is 0 Å². The predicted molar refractivity (Wildman–Crippen MR) is 88.6 cm³/mol. The Balaban J connectivity index is 2.07. The molecule has 1 unspecified atom stereocenters. The molecule has 0 saturated carbocycles. The smallest absolute Gasteiger partial charge is 0.0412 e. The van der Waals surface area contributed by atoms with Gasteiger partial charge in [-0.05, 0) is 48.6 Å². The van der Waals surface area contributed by atoms with E-state index in [1.807, 2.05) is 6.07 Å². The van der Waals surface area contributed by atoms with Crippen LogP contribution in [0.4, 0.5) is 5.69 Å². The standard InChI is InChI=1S/C17H27ClN2/c1-4-14-7-8-20(12-14)17-6-5-16(18)9-15(17)11-19-10-13(2)3/h5-6,9,13-14,19H,4,7-8,10-12H2,1-3H3. The monoisotopic (exact) mass is 294 g/mol. The van der Waals surface area contributed by atoms with Gasteiger partial charge in [0.05, 0.1) is 0 Å². The minimum Gasteiger partial charge on any atom is -0.371 e. The number of hydrogen-bond acceptors (Lipinski definition) is 2. The molecule has 20 heavy (non-hydrogen) atoms. The van der Waals surface area contributed by atoms with Crippen LogP contribution in [-0.2, 0) is 6.54 Å². The van der Waals surface area contributed by atoms with E-state index in [1.165, 1.54) is 37.2 Å². The molecule has 0 bridgehead atoms. The molecule has 1 fully saturated rings. The van der Waals surface area contributed by atoms with Gasteiger partial charge in [0.1, 0.15) is 0 Å². The molecule has 1 aliphatic heterocycles. The van der Waals surface area contributed by atoms with Gasteiger partial charge in [0.2, 0.25) is 0 Å². The molecular weight excluding hydrogens is 268 g/mol. The van der Waals surface area contributed by atoms with Crippen molar-refractivity contribution in [3.05, 3.63) is 28.8 Å². The molecule has 1 saturated heterocycles. The summed E-state index contributed by atoms with van der Waals surface area (Å²) in [6.45, 7) is 11.1. The van der Waals surface area contributed by atoms with Crippen LogP contribution in [0, 0.1) is 11.8 Å². The van der Waals surface area contributed by atoms with E-state index in [2.05, 4.69) is 43.1 Å². The first kappa shape index (κ1) is 15.7. The van der Waals surface area contributed by atoms with Gasteiger partial charge in [0.25, 0.3) is 0 Å². The van der Waals surface area contributed by atoms with Crippen LogP contribution in [0.15, 0.2) is 18.2 Å². The Hall–Kier alpha value is -0.730. The molecule has 0 spiro atoms. The summed E-state index contributed by atoms with van der Waals surface area (Å²) in [6.07, 6.45) is 2.60. The van der Waals surface area contributed by atoms with Crippen LogP contribution < -0.4 is 10.2 Å². The maximum absolute atomic E-state index is 6.17. The highest BCUT2D eigenvalue weighted by Crippen LogP contribution is 2.30. The molecule has 0 aromatic heterocycles. The minimum absolute atomic E-state index is 0.675. The molecule has 1 aromatic carbocycles. The molecule has 0 aliphatic carbocycles. The third-order valence-corrected chi connectivity index (χ3v) is 4.35. The molecule has 2 nitrogen and oxygen atoms in total. The number of hydrogen-bond donors (Lipinski definition) is 1. The van der Waals surface area contributed by atoms with Crippen molar-refractivity contribution in [2.75, 3.05) is 24.5 Å². The molecular formula is C17H27ClN2. The van der Waals surface area contributed by atoms with E-state index in [0.29, 0.717) is 5.92 Å². The lowest BCUT2D eigenvalue weighted by molar-refractivity contribution is 0.551. The van der Waals surface area contributed by atoms with Crippen molar-refractivity contribution in [3.63, 3.8) is 0 Å². The van der Waals surface area contributed by atoms with E-state index in [-0.39, 0.29) is 0 Å². The lowest BCUT2D eigenvalue weighted by Crippen LogP contribution is -2.24. The number of benzene rings is 1. The van der Waals surface area contributed by atoms with Crippen molar-refractivity contribution in [1.29, 1.82) is 0 Å². The van der Waals surface area contributed by atoms with Gasteiger partial charge in [0.15, 0.2) is 0 Å². The highest BCUT2D eigenvalue weighted by Gasteiger charge is 2.22. The number of nitrogens with one attached hydrogen (secondary N) is 1. The summed E-state index contributed by atoms with van der Waals surface area (Å²) in [5.41, 5.74) is 2.69. The van der Waals surface area contributed by atoms with Crippen LogP contribution in [-0.4, -0.2) is 19.6 Å². The second-order valence-corrected chi connectivity index (χ2v) is 6.74. The van der Waals surface area contributed by atoms with Crippen molar-refractivity contribution in [2.24, 2.45) is 11.8 Å². The van der Waals surface area contributed by atoms with Crippen LogP contribution in [0.3, 0.4) is 0 Å². The summed E-state index contributed by atoms with van der Waals surface area (Å²) >= 11 is 6.17. The second-order valence-electron chi connectivity index (χ2n) is 6.31. The Bertz CT molecular complexity index is 431. The molecule has 0 radical (unpaired) electrons. The first-order chi connectivity index (χ1) is 9.60. The Morgan fingerprint density at radius 2 is 2.20 bits per heavy atom. The third kappa shape index (κ3) is 4.13. The lowest BCUT2D eigenvalue weighted by Gasteiger charge is -2.23. The number of anilines is 1. The quantitative estimate of drug-likeness (QED) is 0.840. The zero-order chi connectivity index (χ0) is 14.5. The summed E-state index contributed by atoms with van der Waals surface area (Å²) in [6, 6.07) is 6.32. The van der Waals surface area contributed by atoms with Crippen molar-refractivity contribution >= 4 is 17.3 Å². The van der Waals surface area contributed by atoms with Crippen LogP contribution in [0.1, 0.15) is 39.2 Å². The van der Waals surface area contributed by atoms with Gasteiger partial charge < -0.3 is 10.2 Å². The fourth-order valence-electron chi connectivity index (χ4n) is 2.88. The normalized spacial score (nSPS) is 19.1. The van der Waals surface area contributed by atoms with Gasteiger partial charge in [-0.2, -0.15) is 0 Å². The highest BCUT2D eigenvalue weighted by atomic mass is 35.5. The number of rotatable bonds is 6. The zero-order valence-corrected chi connectivity index (χ0v) is 13.7. The van der Waals surface area contributed by atoms with Crippen molar-refractivity contribution < 1.29 is 0 Å². The largest absolute Gasteiger partial charge is 0.371 e. The SMILES string of the molecule is CCC1CCN(c2ccc(Cl)cc2CNCC(C)C)C1. The molecule has 1 N–H and O–H groups in total. The highest BCUT2D eigenvalue weighted by molar-refractivity contribution is 6.30. The molecule has 3 heteroatoms. The van der Waals surface area contributed by atoms with E-state index < -0.39 is 0 Å². The topological polar surface area (TPSA) is 15.3 Å². The summed E-state index contributed by atoms with van der Waals surface area (Å²) in [7, 11) is 0. The second kappa shape index (κ2) is 7.33. The average molecular weight is 295 g/mol. The first-order valence-electron chi connectivity index (χ1n) is 7.84. The first-order valence-corrected chi connectivity index (χ1v) is 8.22. The summed E-state index contributed by atoms with van der Waals surface area (Å²) in [4.78, 5) is 2.52. The predicted octanol–water partition coefficient (Wildman–Crippen LogP) is 4.32. The fraction of sp³-hybridized carbons (Fsp3) is 0.647. The van der Waals surface area contributed by atoms with Gasteiger partial charge in [0, 0.05) is 30.3 Å². The number of nitrogens with zero attached hydrogens (tertiary/aromatic N) is 1. The molecule has 2 rings (SSSR count). The van der Waals surface area contributed by atoms with Crippen molar-refractivity contribution in [1.82, 2.24) is 5.32 Å². The Kier molecular flexibility index (Phi) is 5.74. The van der Waals surface area contributed by atoms with Crippen LogP contribution in [0.25, 0.3) is 0 Å².